The van der Waals surface area contributed by atoms with Crippen LogP contribution in [0, 0.1) is 35.1 Å². The van der Waals surface area contributed by atoms with Gasteiger partial charge in [-0.05, 0) is 87.1 Å². The Bertz CT molecular complexity index is 2730. The number of ketones is 2. The number of carbonyl (C=O) groups is 2. The number of alkyl halides is 6. The highest BCUT2D eigenvalue weighted by Crippen LogP contribution is 2.45. The summed E-state index contributed by atoms with van der Waals surface area (Å²) in [7, 11) is 0. The van der Waals surface area contributed by atoms with Crippen LogP contribution in [0.1, 0.15) is 93.1 Å². The summed E-state index contributed by atoms with van der Waals surface area (Å²) in [6.07, 6.45) is -1.83. The van der Waals surface area contributed by atoms with Crippen LogP contribution < -0.4 is 0 Å². The van der Waals surface area contributed by atoms with Crippen molar-refractivity contribution in [3.8, 4) is 0 Å². The number of Topliss-reactive ketones (excluding diaryl/α,β-unsaturated/α-hetero) is 2. The lowest BCUT2D eigenvalue weighted by atomic mass is 9.86. The summed E-state index contributed by atoms with van der Waals surface area (Å²) in [6.45, 7) is 2.55. The molecule has 0 bridgehead atoms. The summed E-state index contributed by atoms with van der Waals surface area (Å²) in [6, 6.07) is 16.6. The van der Waals surface area contributed by atoms with Crippen LogP contribution in [0.4, 0.5) is 43.9 Å². The predicted octanol–water partition coefficient (Wildman–Crippen LogP) is 11.1. The molecule has 8 nitrogen and oxygen atoms in total. The van der Waals surface area contributed by atoms with Gasteiger partial charge in [-0.2, -0.15) is 0 Å². The molecule has 6 aromatic rings. The molecule has 6 heterocycles. The van der Waals surface area contributed by atoms with E-state index in [1.54, 1.807) is 9.80 Å². The maximum absolute atomic E-state index is 15.7. The van der Waals surface area contributed by atoms with Crippen molar-refractivity contribution in [1.82, 2.24) is 29.6 Å². The molecule has 4 aromatic carbocycles. The van der Waals surface area contributed by atoms with Crippen LogP contribution in [0.5, 0.6) is 0 Å². The molecule has 4 aliphatic rings. The molecule has 0 unspecified atom stereocenters. The molecule has 2 aromatic heterocycles. The van der Waals surface area contributed by atoms with Crippen LogP contribution in [-0.2, 0) is 12.8 Å². The molecule has 2 saturated heterocycles. The van der Waals surface area contributed by atoms with E-state index >= 15 is 17.6 Å². The van der Waals surface area contributed by atoms with Crippen LogP contribution in [0.25, 0.3) is 21.8 Å². The van der Waals surface area contributed by atoms with Gasteiger partial charge >= 0.3 is 0 Å². The van der Waals surface area contributed by atoms with E-state index in [1.807, 2.05) is 72.2 Å². The fourth-order valence-corrected chi connectivity index (χ4v) is 11.6. The number of nitrogens with one attached hydrogen (secondary N) is 2. The van der Waals surface area contributed by atoms with Crippen LogP contribution in [-0.4, -0.2) is 145 Å². The molecule has 0 aliphatic carbocycles. The Labute approximate surface area is 423 Å². The first kappa shape index (κ1) is 53.3. The molecule has 18 heteroatoms. The Balaban J connectivity index is 0.000000182. The number of carbonyl (C=O) groups excluding carboxylic acids is 2. The first-order valence-electron chi connectivity index (χ1n) is 25.4. The van der Waals surface area contributed by atoms with Gasteiger partial charge in [-0.3, -0.25) is 28.2 Å². The van der Waals surface area contributed by atoms with Gasteiger partial charge in [-0.1, -0.05) is 36.4 Å². The maximum Gasteiger partial charge on any atom is 0.168 e. The Hall–Kier alpha value is -5.56. The second-order valence-electron chi connectivity index (χ2n) is 20.4. The minimum Gasteiger partial charge on any atom is -0.357 e. The number of rotatable bonds is 18. The summed E-state index contributed by atoms with van der Waals surface area (Å²) >= 11 is 0. The SMILES string of the molecule is C[C@@H]1Cc2c([nH]c3ccccc23)[C@@H](c2c(F)cc(C(=O)C3CN(CCCF)C3)cc2F)N1C[C@@H](F)CF.C[C@@H]1Cc2c([nH]c3ccccc23)[C@@H](c2c(F)cc(C(=O)C3CN(CCCF)C3)cc2F)N1C[C@H](F)CF. The molecule has 0 saturated carbocycles. The normalized spacial score (nSPS) is 21.7. The standard InChI is InChI=1S/2C28H30F5N3O/c2*1-16-9-21-20-5-2-3-6-24(20)34-26(21)27(36(16)15-19(31)12-30)25-22(32)10-17(11-23(25)33)28(37)18-13-35(14-18)8-4-7-29/h2*2-3,5-6,10-11,16,18-19,27,34H,4,7-9,12-15H2,1H3/t16-,19+,27-;16-,19-,27-/m11/s1. The minimum atomic E-state index is -1.80. The molecule has 2 fully saturated rings. The molecule has 0 spiro atoms. The van der Waals surface area contributed by atoms with Crippen molar-refractivity contribution < 1.29 is 53.5 Å². The fraction of sp³-hybridized carbons (Fsp3) is 0.464. The Morgan fingerprint density at radius 3 is 1.26 bits per heavy atom. The van der Waals surface area contributed by atoms with Crippen LogP contribution in [0.2, 0.25) is 0 Å². The zero-order valence-electron chi connectivity index (χ0n) is 41.2. The van der Waals surface area contributed by atoms with Crippen LogP contribution >= 0.6 is 0 Å². The van der Waals surface area contributed by atoms with E-state index in [-0.39, 0.29) is 59.0 Å². The highest BCUT2D eigenvalue weighted by molar-refractivity contribution is 5.99. The highest BCUT2D eigenvalue weighted by atomic mass is 19.2. The number of nitrogens with zero attached hydrogens (tertiary/aromatic N) is 4. The maximum atomic E-state index is 15.7. The average molecular weight is 1040 g/mol. The third-order valence-corrected chi connectivity index (χ3v) is 15.3. The summed E-state index contributed by atoms with van der Waals surface area (Å²) in [5.74, 6) is -5.12. The highest BCUT2D eigenvalue weighted by Gasteiger charge is 2.43. The van der Waals surface area contributed by atoms with E-state index in [0.717, 1.165) is 57.2 Å². The topological polar surface area (TPSA) is 78.7 Å². The zero-order valence-corrected chi connectivity index (χ0v) is 41.2. The van der Waals surface area contributed by atoms with Crippen molar-refractivity contribution in [2.24, 2.45) is 11.8 Å². The van der Waals surface area contributed by atoms with Gasteiger partial charge < -0.3 is 19.8 Å². The number of hydrogen-bond donors (Lipinski definition) is 2. The van der Waals surface area contributed by atoms with E-state index in [9.17, 15) is 35.9 Å². The second-order valence-corrected chi connectivity index (χ2v) is 20.4. The first-order chi connectivity index (χ1) is 35.6. The number of para-hydroxylation sites is 2. The second kappa shape index (κ2) is 22.7. The molecule has 396 valence electrons. The molecule has 0 amide bonds. The Morgan fingerprint density at radius 2 is 0.919 bits per heavy atom. The smallest absolute Gasteiger partial charge is 0.168 e. The van der Waals surface area contributed by atoms with Crippen molar-refractivity contribution in [2.75, 3.05) is 79.1 Å². The largest absolute Gasteiger partial charge is 0.357 e. The molecule has 10 rings (SSSR count). The number of benzene rings is 4. The average Bonchev–Trinajstić information content (AvgIpc) is 3.92. The van der Waals surface area contributed by atoms with E-state index in [0.29, 0.717) is 76.3 Å². The van der Waals surface area contributed by atoms with Gasteiger partial charge in [0.05, 0.1) is 25.4 Å². The minimum absolute atomic E-state index is 0.0618. The zero-order chi connectivity index (χ0) is 52.5. The van der Waals surface area contributed by atoms with Crippen molar-refractivity contribution in [2.45, 2.75) is 76.0 Å². The molecule has 2 N–H and O–H groups in total. The summed E-state index contributed by atoms with van der Waals surface area (Å²) in [4.78, 5) is 39.4. The van der Waals surface area contributed by atoms with Gasteiger partial charge in [-0.15, -0.1) is 0 Å². The van der Waals surface area contributed by atoms with E-state index < -0.39 is 86.2 Å². The lowest BCUT2D eigenvalue weighted by Crippen LogP contribution is -2.50. The number of halogens is 10. The monoisotopic (exact) mass is 1040 g/mol. The van der Waals surface area contributed by atoms with Crippen LogP contribution in [0.15, 0.2) is 72.8 Å². The molecule has 0 radical (unpaired) electrons. The van der Waals surface area contributed by atoms with E-state index in [4.69, 9.17) is 0 Å². The number of aromatic amines is 2. The van der Waals surface area contributed by atoms with Crippen molar-refractivity contribution in [3.63, 3.8) is 0 Å². The van der Waals surface area contributed by atoms with Gasteiger partial charge in [0.2, 0.25) is 0 Å². The van der Waals surface area contributed by atoms with Crippen molar-refractivity contribution in [3.05, 3.63) is 141 Å². The number of likely N-dealkylation sites (tertiary alicyclic amines) is 2. The summed E-state index contributed by atoms with van der Waals surface area (Å²) in [5.41, 5.74) is 3.76. The number of aromatic nitrogens is 2. The summed E-state index contributed by atoms with van der Waals surface area (Å²) < 4.78 is 142. The van der Waals surface area contributed by atoms with Gasteiger partial charge in [0.15, 0.2) is 11.6 Å². The van der Waals surface area contributed by atoms with Gasteiger partial charge in [0.25, 0.3) is 0 Å². The Kier molecular flexibility index (Phi) is 16.4. The number of H-pyrrole nitrogens is 2. The van der Waals surface area contributed by atoms with Gasteiger partial charge in [0.1, 0.15) is 49.0 Å². The van der Waals surface area contributed by atoms with E-state index in [1.165, 1.54) is 0 Å². The number of fused-ring (bicyclic) bond motifs is 6. The quantitative estimate of drug-likeness (QED) is 0.0660. The van der Waals surface area contributed by atoms with Crippen LogP contribution in [0.3, 0.4) is 0 Å². The third-order valence-electron chi connectivity index (χ3n) is 15.3. The molecular weight excluding hydrogens is 979 g/mol. The lowest BCUT2D eigenvalue weighted by Gasteiger charge is -2.41. The fourth-order valence-electron chi connectivity index (χ4n) is 11.6. The van der Waals surface area contributed by atoms with Crippen molar-refractivity contribution in [1.29, 1.82) is 0 Å². The Morgan fingerprint density at radius 1 is 0.568 bits per heavy atom. The first-order valence-corrected chi connectivity index (χ1v) is 25.4. The third kappa shape index (κ3) is 10.5. The van der Waals surface area contributed by atoms with Gasteiger partial charge in [0, 0.05) is 132 Å². The molecular formula is C56H60F10N6O2. The molecule has 74 heavy (non-hydrogen) atoms. The van der Waals surface area contributed by atoms with Crippen molar-refractivity contribution >= 4 is 33.4 Å². The molecule has 4 aliphatic heterocycles. The predicted molar refractivity (Wildman–Crippen MR) is 264 cm³/mol. The van der Waals surface area contributed by atoms with Gasteiger partial charge in [-0.25, -0.2) is 35.1 Å². The lowest BCUT2D eigenvalue weighted by molar-refractivity contribution is 0.0607. The molecule has 6 atom stereocenters. The summed E-state index contributed by atoms with van der Waals surface area (Å²) in [5, 5.41) is 1.84. The van der Waals surface area contributed by atoms with E-state index in [2.05, 4.69) is 9.97 Å². The number of hydrogen-bond acceptors (Lipinski definition) is 6.